The van der Waals surface area contributed by atoms with Gasteiger partial charge in [0.15, 0.2) is 0 Å². The van der Waals surface area contributed by atoms with E-state index in [4.69, 9.17) is 0 Å². The van der Waals surface area contributed by atoms with Crippen LogP contribution in [0.25, 0.3) is 0 Å². The molecule has 20 heavy (non-hydrogen) atoms. The van der Waals surface area contributed by atoms with E-state index in [0.29, 0.717) is 10.8 Å². The van der Waals surface area contributed by atoms with Gasteiger partial charge in [0, 0.05) is 30.8 Å². The fourth-order valence-electron chi connectivity index (χ4n) is 3.49. The lowest BCUT2D eigenvalue weighted by atomic mass is 9.89. The van der Waals surface area contributed by atoms with Crippen molar-refractivity contribution in [1.29, 1.82) is 0 Å². The second kappa shape index (κ2) is 4.59. The number of aromatic nitrogens is 2. The highest BCUT2D eigenvalue weighted by Gasteiger charge is 2.63. The number of nitrogens with zero attached hydrogens (tertiary/aromatic N) is 2. The highest BCUT2D eigenvalue weighted by atomic mass is 15.3. The Kier molecular flexibility index (Phi) is 3.57. The molecule has 1 N–H and O–H groups in total. The van der Waals surface area contributed by atoms with Crippen molar-refractivity contribution < 1.29 is 0 Å². The summed E-state index contributed by atoms with van der Waals surface area (Å²) in [5, 5.41) is 8.28. The monoisotopic (exact) mass is 277 g/mol. The Hall–Kier alpha value is -0.830. The van der Waals surface area contributed by atoms with Gasteiger partial charge in [-0.25, -0.2) is 0 Å². The Morgan fingerprint density at radius 1 is 1.20 bits per heavy atom. The van der Waals surface area contributed by atoms with Gasteiger partial charge in [-0.3, -0.25) is 4.68 Å². The van der Waals surface area contributed by atoms with E-state index in [-0.39, 0.29) is 5.41 Å². The molecule has 0 radical (unpaired) electrons. The van der Waals surface area contributed by atoms with Gasteiger partial charge in [0.1, 0.15) is 0 Å². The maximum Gasteiger partial charge on any atom is 0.0722 e. The summed E-state index contributed by atoms with van der Waals surface area (Å²) < 4.78 is 1.93. The van der Waals surface area contributed by atoms with Crippen LogP contribution in [0.1, 0.15) is 59.7 Å². The summed E-state index contributed by atoms with van der Waals surface area (Å²) >= 11 is 0. The lowest BCUT2D eigenvalue weighted by molar-refractivity contribution is 0.457. The predicted molar refractivity (Wildman–Crippen MR) is 84.7 cm³/mol. The molecule has 1 heterocycles. The van der Waals surface area contributed by atoms with Crippen molar-refractivity contribution in [3.8, 4) is 0 Å². The summed E-state index contributed by atoms with van der Waals surface area (Å²) in [4.78, 5) is 0. The Morgan fingerprint density at radius 2 is 1.75 bits per heavy atom. The molecule has 1 saturated carbocycles. The first-order valence-corrected chi connectivity index (χ1v) is 7.71. The van der Waals surface area contributed by atoms with Gasteiger partial charge in [0.25, 0.3) is 0 Å². The standard InChI is InChI=1S/C17H31N3/c1-15(2,3)14-12(11-20(8)19-14)9-18-10-13-16(4,5)17(13,6)7/h11,13,18H,9-10H2,1-8H3. The van der Waals surface area contributed by atoms with Crippen molar-refractivity contribution in [2.75, 3.05) is 6.54 Å². The summed E-state index contributed by atoms with van der Waals surface area (Å²) in [5.41, 5.74) is 3.57. The molecule has 0 aliphatic heterocycles. The van der Waals surface area contributed by atoms with Gasteiger partial charge >= 0.3 is 0 Å². The van der Waals surface area contributed by atoms with Gasteiger partial charge in [-0.05, 0) is 23.3 Å². The fourth-order valence-corrected chi connectivity index (χ4v) is 3.49. The average Bonchev–Trinajstić information content (AvgIpc) is 2.61. The lowest BCUT2D eigenvalue weighted by Gasteiger charge is -2.17. The molecule has 1 aliphatic rings. The molecule has 3 heteroatoms. The number of aryl methyl sites for hydroxylation is 1. The van der Waals surface area contributed by atoms with Gasteiger partial charge < -0.3 is 5.32 Å². The average molecular weight is 277 g/mol. The molecular formula is C17H31N3. The van der Waals surface area contributed by atoms with Gasteiger partial charge in [-0.15, -0.1) is 0 Å². The Bertz CT molecular complexity index is 475. The van der Waals surface area contributed by atoms with Crippen molar-refractivity contribution in [3.05, 3.63) is 17.5 Å². The van der Waals surface area contributed by atoms with Gasteiger partial charge in [-0.1, -0.05) is 48.5 Å². The molecule has 0 aromatic carbocycles. The van der Waals surface area contributed by atoms with E-state index in [1.54, 1.807) is 0 Å². The molecule has 0 saturated heterocycles. The topological polar surface area (TPSA) is 29.9 Å². The summed E-state index contributed by atoms with van der Waals surface area (Å²) in [7, 11) is 2.01. The minimum Gasteiger partial charge on any atom is -0.312 e. The van der Waals surface area contributed by atoms with E-state index in [0.717, 1.165) is 19.0 Å². The maximum absolute atomic E-state index is 4.63. The minimum atomic E-state index is 0.108. The second-order valence-electron chi connectivity index (χ2n) is 8.55. The number of nitrogens with one attached hydrogen (secondary N) is 1. The van der Waals surface area contributed by atoms with Crippen LogP contribution < -0.4 is 5.32 Å². The van der Waals surface area contributed by atoms with Crippen LogP contribution in [-0.2, 0) is 19.0 Å². The molecule has 0 unspecified atom stereocenters. The van der Waals surface area contributed by atoms with Gasteiger partial charge in [-0.2, -0.15) is 5.10 Å². The zero-order valence-electron chi connectivity index (χ0n) is 14.5. The highest BCUT2D eigenvalue weighted by molar-refractivity contribution is 5.24. The smallest absolute Gasteiger partial charge is 0.0722 e. The van der Waals surface area contributed by atoms with E-state index in [9.17, 15) is 0 Å². The zero-order valence-corrected chi connectivity index (χ0v) is 14.5. The first-order chi connectivity index (χ1) is 8.98. The van der Waals surface area contributed by atoms with Crippen LogP contribution in [0.2, 0.25) is 0 Å². The van der Waals surface area contributed by atoms with Crippen LogP contribution >= 0.6 is 0 Å². The molecule has 0 amide bonds. The number of rotatable bonds is 4. The first kappa shape index (κ1) is 15.6. The molecule has 0 spiro atoms. The third-order valence-electron chi connectivity index (χ3n) is 5.60. The second-order valence-corrected chi connectivity index (χ2v) is 8.55. The molecule has 2 rings (SSSR count). The zero-order chi connectivity index (χ0) is 15.3. The first-order valence-electron chi connectivity index (χ1n) is 7.71. The Labute approximate surface area is 124 Å². The molecular weight excluding hydrogens is 246 g/mol. The van der Waals surface area contributed by atoms with Gasteiger partial charge in [0.2, 0.25) is 0 Å². The Balaban J connectivity index is 1.96. The predicted octanol–water partition coefficient (Wildman–Crippen LogP) is 3.49. The Morgan fingerprint density at radius 3 is 2.20 bits per heavy atom. The van der Waals surface area contributed by atoms with E-state index in [1.807, 2.05) is 11.7 Å². The van der Waals surface area contributed by atoms with Crippen LogP contribution in [-0.4, -0.2) is 16.3 Å². The van der Waals surface area contributed by atoms with Crippen molar-refractivity contribution in [2.45, 2.75) is 60.4 Å². The van der Waals surface area contributed by atoms with Crippen molar-refractivity contribution in [1.82, 2.24) is 15.1 Å². The van der Waals surface area contributed by atoms with Crippen molar-refractivity contribution in [2.24, 2.45) is 23.8 Å². The summed E-state index contributed by atoms with van der Waals surface area (Å²) in [5.74, 6) is 0.768. The van der Waals surface area contributed by atoms with Crippen LogP contribution in [0, 0.1) is 16.7 Å². The van der Waals surface area contributed by atoms with Crippen molar-refractivity contribution in [3.63, 3.8) is 0 Å². The molecule has 1 aromatic rings. The maximum atomic E-state index is 4.63. The van der Waals surface area contributed by atoms with Crippen molar-refractivity contribution >= 4 is 0 Å². The molecule has 0 atom stereocenters. The molecule has 3 nitrogen and oxygen atoms in total. The quantitative estimate of drug-likeness (QED) is 0.913. The SMILES string of the molecule is Cn1cc(CNCC2C(C)(C)C2(C)C)c(C(C)(C)C)n1. The largest absolute Gasteiger partial charge is 0.312 e. The van der Waals surface area contributed by atoms with Crippen LogP contribution in [0.5, 0.6) is 0 Å². The molecule has 1 aromatic heterocycles. The van der Waals surface area contributed by atoms with E-state index >= 15 is 0 Å². The van der Waals surface area contributed by atoms with Crippen LogP contribution in [0.4, 0.5) is 0 Å². The normalized spacial score (nSPS) is 21.2. The van der Waals surface area contributed by atoms with E-state index < -0.39 is 0 Å². The van der Waals surface area contributed by atoms with Gasteiger partial charge in [0.05, 0.1) is 5.69 Å². The molecule has 0 bridgehead atoms. The highest BCUT2D eigenvalue weighted by Crippen LogP contribution is 2.67. The number of hydrogen-bond acceptors (Lipinski definition) is 2. The third kappa shape index (κ3) is 2.52. The lowest BCUT2D eigenvalue weighted by Crippen LogP contribution is -2.22. The summed E-state index contributed by atoms with van der Waals surface area (Å²) in [6.07, 6.45) is 2.15. The third-order valence-corrected chi connectivity index (χ3v) is 5.60. The summed E-state index contributed by atoms with van der Waals surface area (Å²) in [6, 6.07) is 0. The van der Waals surface area contributed by atoms with Crippen LogP contribution in [0.3, 0.4) is 0 Å². The van der Waals surface area contributed by atoms with E-state index in [1.165, 1.54) is 11.3 Å². The summed E-state index contributed by atoms with van der Waals surface area (Å²) in [6.45, 7) is 18.2. The molecule has 1 aliphatic carbocycles. The minimum absolute atomic E-state index is 0.108. The molecule has 114 valence electrons. The number of hydrogen-bond donors (Lipinski definition) is 1. The van der Waals surface area contributed by atoms with Crippen LogP contribution in [0.15, 0.2) is 6.20 Å². The van der Waals surface area contributed by atoms with E-state index in [2.05, 4.69) is 65.1 Å². The molecule has 1 fully saturated rings. The fraction of sp³-hybridized carbons (Fsp3) is 0.824.